The molecule has 3 rings (SSSR count). The molecule has 104 valence electrons. The van der Waals surface area contributed by atoms with Crippen molar-refractivity contribution in [2.24, 2.45) is 0 Å². The first-order chi connectivity index (χ1) is 9.74. The smallest absolute Gasteiger partial charge is 0.0855 e. The van der Waals surface area contributed by atoms with Gasteiger partial charge in [0.05, 0.1) is 18.8 Å². The zero-order chi connectivity index (χ0) is 13.9. The van der Waals surface area contributed by atoms with E-state index in [0.717, 1.165) is 24.3 Å². The van der Waals surface area contributed by atoms with Gasteiger partial charge in [0.2, 0.25) is 0 Å². The first-order valence-corrected chi connectivity index (χ1v) is 7.04. The third-order valence-electron chi connectivity index (χ3n) is 3.85. The number of aryl methyl sites for hydroxylation is 1. The number of aliphatic hydroxyl groups excluding tert-OH is 1. The lowest BCUT2D eigenvalue weighted by molar-refractivity contribution is 0.00370. The maximum absolute atomic E-state index is 10.4. The summed E-state index contributed by atoms with van der Waals surface area (Å²) in [5.41, 5.74) is 4.35. The van der Waals surface area contributed by atoms with E-state index in [1.54, 1.807) is 6.20 Å². The van der Waals surface area contributed by atoms with Gasteiger partial charge in [-0.05, 0) is 36.1 Å². The highest BCUT2D eigenvalue weighted by Crippen LogP contribution is 2.34. The molecule has 1 aliphatic rings. The molecule has 0 spiro atoms. The van der Waals surface area contributed by atoms with Crippen molar-refractivity contribution in [2.45, 2.75) is 32.0 Å². The number of pyridine rings is 1. The van der Waals surface area contributed by atoms with E-state index in [9.17, 15) is 5.11 Å². The molecule has 3 heteroatoms. The van der Waals surface area contributed by atoms with E-state index in [1.807, 2.05) is 25.1 Å². The molecule has 2 atom stereocenters. The van der Waals surface area contributed by atoms with E-state index in [2.05, 4.69) is 23.2 Å². The monoisotopic (exact) mass is 269 g/mol. The number of hydrogen-bond acceptors (Lipinski definition) is 3. The van der Waals surface area contributed by atoms with Gasteiger partial charge >= 0.3 is 0 Å². The van der Waals surface area contributed by atoms with E-state index in [-0.39, 0.29) is 6.10 Å². The van der Waals surface area contributed by atoms with Gasteiger partial charge in [-0.3, -0.25) is 4.98 Å². The Morgan fingerprint density at radius 3 is 2.95 bits per heavy atom. The second-order valence-corrected chi connectivity index (χ2v) is 5.29. The quantitative estimate of drug-likeness (QED) is 0.931. The summed E-state index contributed by atoms with van der Waals surface area (Å²) in [6.45, 7) is 2.66. The van der Waals surface area contributed by atoms with Crippen LogP contribution in [0.5, 0.6) is 0 Å². The fourth-order valence-corrected chi connectivity index (χ4v) is 2.69. The molecule has 3 nitrogen and oxygen atoms in total. The number of ether oxygens (including phenoxy) is 1. The van der Waals surface area contributed by atoms with Crippen molar-refractivity contribution in [3.63, 3.8) is 0 Å². The van der Waals surface area contributed by atoms with Gasteiger partial charge in [-0.2, -0.15) is 0 Å². The largest absolute Gasteiger partial charge is 0.388 e. The van der Waals surface area contributed by atoms with Gasteiger partial charge in [0.15, 0.2) is 0 Å². The van der Waals surface area contributed by atoms with Crippen LogP contribution in [0.2, 0.25) is 0 Å². The van der Waals surface area contributed by atoms with E-state index in [0.29, 0.717) is 6.42 Å². The molecular formula is C17H19NO2. The topological polar surface area (TPSA) is 42.4 Å². The van der Waals surface area contributed by atoms with Gasteiger partial charge < -0.3 is 9.84 Å². The highest BCUT2D eigenvalue weighted by molar-refractivity contribution is 5.31. The number of aliphatic hydroxyl groups is 1. The first kappa shape index (κ1) is 13.3. The lowest BCUT2D eigenvalue weighted by atomic mass is 9.93. The standard InChI is InChI=1S/C17H19NO2/c1-12-6-7-14(11-18-12)16(19)10-17-15-5-3-2-4-13(15)8-9-20-17/h2-7,11,16-17,19H,8-10H2,1H3. The second-order valence-electron chi connectivity index (χ2n) is 5.29. The highest BCUT2D eigenvalue weighted by atomic mass is 16.5. The summed E-state index contributed by atoms with van der Waals surface area (Å²) in [7, 11) is 0. The highest BCUT2D eigenvalue weighted by Gasteiger charge is 2.23. The van der Waals surface area contributed by atoms with Crippen LogP contribution >= 0.6 is 0 Å². The Hall–Kier alpha value is -1.71. The number of benzene rings is 1. The number of hydrogen-bond donors (Lipinski definition) is 1. The van der Waals surface area contributed by atoms with E-state index >= 15 is 0 Å². The molecule has 0 amide bonds. The first-order valence-electron chi connectivity index (χ1n) is 7.04. The van der Waals surface area contributed by atoms with Crippen LogP contribution in [0.4, 0.5) is 0 Å². The maximum Gasteiger partial charge on any atom is 0.0855 e. The summed E-state index contributed by atoms with van der Waals surface area (Å²) in [6.07, 6.45) is 2.70. The molecule has 0 radical (unpaired) electrons. The molecule has 2 unspecified atom stereocenters. The SMILES string of the molecule is Cc1ccc(C(O)CC2OCCc3ccccc32)cn1. The summed E-state index contributed by atoms with van der Waals surface area (Å²) in [5.74, 6) is 0. The van der Waals surface area contributed by atoms with Crippen LogP contribution in [0.1, 0.15) is 41.0 Å². The van der Waals surface area contributed by atoms with Gasteiger partial charge in [-0.1, -0.05) is 30.3 Å². The predicted octanol–water partition coefficient (Wildman–Crippen LogP) is 3.13. The Kier molecular flexibility index (Phi) is 3.81. The van der Waals surface area contributed by atoms with Crippen LogP contribution in [0, 0.1) is 6.92 Å². The zero-order valence-electron chi connectivity index (χ0n) is 11.6. The molecule has 2 aromatic rings. The van der Waals surface area contributed by atoms with Crippen molar-refractivity contribution in [1.29, 1.82) is 0 Å². The van der Waals surface area contributed by atoms with Crippen LogP contribution < -0.4 is 0 Å². The number of rotatable bonds is 3. The normalized spacial score (nSPS) is 19.4. The molecule has 20 heavy (non-hydrogen) atoms. The molecule has 0 saturated heterocycles. The minimum absolute atomic E-state index is 0.0312. The van der Waals surface area contributed by atoms with E-state index in [4.69, 9.17) is 4.74 Å². The number of nitrogens with zero attached hydrogens (tertiary/aromatic N) is 1. The van der Waals surface area contributed by atoms with Crippen LogP contribution in [0.25, 0.3) is 0 Å². The molecule has 2 heterocycles. The molecule has 0 saturated carbocycles. The Bertz CT molecular complexity index is 580. The number of fused-ring (bicyclic) bond motifs is 1. The fourth-order valence-electron chi connectivity index (χ4n) is 2.69. The van der Waals surface area contributed by atoms with Crippen LogP contribution in [-0.4, -0.2) is 16.7 Å². The Morgan fingerprint density at radius 1 is 1.30 bits per heavy atom. The fraction of sp³-hybridized carbons (Fsp3) is 0.353. The summed E-state index contributed by atoms with van der Waals surface area (Å²) < 4.78 is 5.84. The van der Waals surface area contributed by atoms with Gasteiger partial charge in [-0.15, -0.1) is 0 Å². The summed E-state index contributed by atoms with van der Waals surface area (Å²) in [6, 6.07) is 12.2. The number of aromatic nitrogens is 1. The minimum atomic E-state index is -0.542. The van der Waals surface area contributed by atoms with Gasteiger partial charge in [0.25, 0.3) is 0 Å². The van der Waals surface area contributed by atoms with Crippen LogP contribution in [-0.2, 0) is 11.2 Å². The second kappa shape index (κ2) is 5.73. The molecular weight excluding hydrogens is 250 g/mol. The molecule has 1 N–H and O–H groups in total. The minimum Gasteiger partial charge on any atom is -0.388 e. The van der Waals surface area contributed by atoms with Crippen molar-refractivity contribution in [2.75, 3.05) is 6.61 Å². The molecule has 1 aliphatic heterocycles. The van der Waals surface area contributed by atoms with E-state index in [1.165, 1.54) is 11.1 Å². The maximum atomic E-state index is 10.4. The van der Waals surface area contributed by atoms with Crippen molar-refractivity contribution in [3.05, 3.63) is 65.0 Å². The summed E-state index contributed by atoms with van der Waals surface area (Å²) >= 11 is 0. The summed E-state index contributed by atoms with van der Waals surface area (Å²) in [4.78, 5) is 4.24. The van der Waals surface area contributed by atoms with Crippen LogP contribution in [0.15, 0.2) is 42.6 Å². The van der Waals surface area contributed by atoms with Crippen LogP contribution in [0.3, 0.4) is 0 Å². The molecule has 1 aromatic carbocycles. The van der Waals surface area contributed by atoms with Gasteiger partial charge in [0.1, 0.15) is 0 Å². The Balaban J connectivity index is 1.77. The molecule has 0 fully saturated rings. The lowest BCUT2D eigenvalue weighted by Gasteiger charge is -2.27. The third-order valence-corrected chi connectivity index (χ3v) is 3.85. The predicted molar refractivity (Wildman–Crippen MR) is 77.4 cm³/mol. The van der Waals surface area contributed by atoms with Gasteiger partial charge in [0, 0.05) is 18.3 Å². The average molecular weight is 269 g/mol. The Morgan fingerprint density at radius 2 is 2.15 bits per heavy atom. The third kappa shape index (κ3) is 2.74. The Labute approximate surface area is 119 Å². The van der Waals surface area contributed by atoms with Crippen molar-refractivity contribution < 1.29 is 9.84 Å². The lowest BCUT2D eigenvalue weighted by Crippen LogP contribution is -2.18. The molecule has 0 bridgehead atoms. The zero-order valence-corrected chi connectivity index (χ0v) is 11.6. The molecule has 1 aromatic heterocycles. The molecule has 0 aliphatic carbocycles. The average Bonchev–Trinajstić information content (AvgIpc) is 2.48. The summed E-state index contributed by atoms with van der Waals surface area (Å²) in [5, 5.41) is 10.4. The van der Waals surface area contributed by atoms with Gasteiger partial charge in [-0.25, -0.2) is 0 Å². The van der Waals surface area contributed by atoms with E-state index < -0.39 is 6.10 Å². The van der Waals surface area contributed by atoms with Crippen molar-refractivity contribution >= 4 is 0 Å². The van der Waals surface area contributed by atoms with Crippen molar-refractivity contribution in [3.8, 4) is 0 Å². The van der Waals surface area contributed by atoms with Crippen molar-refractivity contribution in [1.82, 2.24) is 4.98 Å².